The Morgan fingerprint density at radius 1 is 0.764 bits per heavy atom. The van der Waals surface area contributed by atoms with E-state index in [1.54, 1.807) is 55.7 Å². The number of amides is 2. The van der Waals surface area contributed by atoms with E-state index < -0.39 is 12.1 Å². The molecule has 1 aliphatic carbocycles. The number of nitrogens with zero attached hydrogens (tertiary/aromatic N) is 5. The van der Waals surface area contributed by atoms with Crippen LogP contribution in [0.15, 0.2) is 102 Å². The molecule has 14 nitrogen and oxygen atoms in total. The number of hydrogen-bond acceptors (Lipinski definition) is 12. The smallest absolute Gasteiger partial charge is 0.246 e. The number of hydrogen-bond donors (Lipinski definition) is 2. The summed E-state index contributed by atoms with van der Waals surface area (Å²) in [5, 5.41) is 27.8. The van der Waals surface area contributed by atoms with Gasteiger partial charge >= 0.3 is 0 Å². The summed E-state index contributed by atoms with van der Waals surface area (Å²) < 4.78 is 26.1. The molecule has 2 N–H and O–H groups in total. The normalized spacial score (nSPS) is 15.5. The van der Waals surface area contributed by atoms with Gasteiger partial charge in [0.25, 0.3) is 0 Å². The highest BCUT2D eigenvalue weighted by atomic mass is 32.1. The van der Waals surface area contributed by atoms with E-state index in [0.29, 0.717) is 71.7 Å². The van der Waals surface area contributed by atoms with Crippen LogP contribution in [0.5, 0.6) is 23.0 Å². The second kappa shape index (κ2) is 24.1. The van der Waals surface area contributed by atoms with Crippen molar-refractivity contribution in [2.75, 3.05) is 40.0 Å². The Morgan fingerprint density at radius 3 is 2.04 bits per heavy atom. The first kappa shape index (κ1) is 50.9. The molecule has 2 aliphatic rings. The number of likely N-dealkylation sites (tertiary alicyclic amines) is 1. The zero-order valence-corrected chi connectivity index (χ0v) is 42.1. The van der Waals surface area contributed by atoms with E-state index in [0.717, 1.165) is 78.0 Å². The molecule has 1 saturated carbocycles. The molecule has 3 unspecified atom stereocenters. The van der Waals surface area contributed by atoms with Crippen molar-refractivity contribution in [2.24, 2.45) is 5.92 Å². The van der Waals surface area contributed by atoms with Crippen LogP contribution in [0.4, 0.5) is 0 Å². The second-order valence-electron chi connectivity index (χ2n) is 18.3. The van der Waals surface area contributed by atoms with Crippen molar-refractivity contribution < 1.29 is 33.3 Å². The Morgan fingerprint density at radius 2 is 1.40 bits per heavy atom. The van der Waals surface area contributed by atoms with E-state index in [-0.39, 0.29) is 42.8 Å². The van der Waals surface area contributed by atoms with Gasteiger partial charge in [0.05, 0.1) is 29.3 Å². The fourth-order valence-electron chi connectivity index (χ4n) is 9.63. The van der Waals surface area contributed by atoms with Gasteiger partial charge in [-0.1, -0.05) is 61.7 Å². The van der Waals surface area contributed by atoms with E-state index in [1.807, 2.05) is 79.4 Å². The van der Waals surface area contributed by atoms with Crippen LogP contribution < -0.4 is 29.6 Å². The fourth-order valence-corrected chi connectivity index (χ4v) is 10.6. The van der Waals surface area contributed by atoms with Crippen LogP contribution in [0, 0.1) is 42.4 Å². The summed E-state index contributed by atoms with van der Waals surface area (Å²) in [6.07, 6.45) is 6.63. The number of rotatable bonds is 21. The number of ketones is 1. The maximum Gasteiger partial charge on any atom is 0.246 e. The number of nitrogens with one attached hydrogen (secondary N) is 2. The van der Waals surface area contributed by atoms with Crippen molar-refractivity contribution >= 4 is 28.9 Å². The monoisotopic (exact) mass is 987 g/mol. The van der Waals surface area contributed by atoms with Gasteiger partial charge in [-0.2, -0.15) is 10.5 Å². The number of nitriles is 2. The van der Waals surface area contributed by atoms with Gasteiger partial charge in [0, 0.05) is 47.1 Å². The lowest BCUT2D eigenvalue weighted by Crippen LogP contribution is -2.55. The maximum absolute atomic E-state index is 14.2. The minimum absolute atomic E-state index is 0.0637. The Bertz CT molecular complexity index is 2930. The van der Waals surface area contributed by atoms with Gasteiger partial charge < -0.3 is 39.0 Å². The SMILES string of the molecule is CNC(C)C(=O)NC(C(=O)N1CCCC1c1nc(C(=O)c2cccc(OCCOc3cccc(OCCOc4ccc(Cn5c(C)c(C#N)c(-c6ccc(C#N)cc6)c5C)cc4)c3)c2)cs1)C1CCCCC1. The molecule has 6 aromatic rings. The van der Waals surface area contributed by atoms with Crippen molar-refractivity contribution in [3.8, 4) is 46.3 Å². The Balaban J connectivity index is 0.780. The number of ether oxygens (including phenoxy) is 4. The molecule has 0 radical (unpaired) electrons. The first-order valence-corrected chi connectivity index (χ1v) is 25.6. The summed E-state index contributed by atoms with van der Waals surface area (Å²) in [6, 6.07) is 32.9. The third-order valence-electron chi connectivity index (χ3n) is 13.7. The molecule has 0 spiro atoms. The number of aromatic nitrogens is 2. The maximum atomic E-state index is 14.2. The Kier molecular flexibility index (Phi) is 17.0. The molecule has 0 bridgehead atoms. The van der Waals surface area contributed by atoms with Crippen molar-refractivity contribution in [3.05, 3.63) is 147 Å². The number of thiazole rings is 1. The summed E-state index contributed by atoms with van der Waals surface area (Å²) in [4.78, 5) is 47.6. The van der Waals surface area contributed by atoms with E-state index in [1.165, 1.54) is 11.3 Å². The third-order valence-corrected chi connectivity index (χ3v) is 14.6. The predicted octanol–water partition coefficient (Wildman–Crippen LogP) is 9.50. The largest absolute Gasteiger partial charge is 0.490 e. The minimum Gasteiger partial charge on any atom is -0.490 e. The minimum atomic E-state index is -0.588. The van der Waals surface area contributed by atoms with E-state index in [9.17, 15) is 24.9 Å². The quantitative estimate of drug-likeness (QED) is 0.0518. The van der Waals surface area contributed by atoms with E-state index >= 15 is 0 Å². The highest BCUT2D eigenvalue weighted by Crippen LogP contribution is 2.37. The average molecular weight is 988 g/mol. The van der Waals surface area contributed by atoms with Crippen molar-refractivity contribution in [1.82, 2.24) is 25.1 Å². The van der Waals surface area contributed by atoms with Crippen LogP contribution in [0.2, 0.25) is 0 Å². The fraction of sp³-hybridized carbons (Fsp3) is 0.368. The zero-order chi connectivity index (χ0) is 50.6. The van der Waals surface area contributed by atoms with Crippen molar-refractivity contribution in [1.29, 1.82) is 10.5 Å². The zero-order valence-electron chi connectivity index (χ0n) is 41.3. The summed E-state index contributed by atoms with van der Waals surface area (Å²) in [6.45, 7) is 8.09. The average Bonchev–Trinajstić information content (AvgIpc) is 4.17. The third kappa shape index (κ3) is 12.2. The lowest BCUT2D eigenvalue weighted by Gasteiger charge is -2.35. The molecule has 4 aromatic carbocycles. The molecular formula is C57H61N7O7S. The topological polar surface area (TPSA) is 181 Å². The molecule has 8 rings (SSSR count). The standard InChI is InChI=1S/C57H61N7O7S/c1-37(60-4)55(66)62-53(43-11-6-5-7-12-43)57(67)63-26-10-17-51(63)56-61-50(36-72-56)54(65)44-13-8-14-46(31-44)69-29-30-71-48-16-9-15-47(32-48)70-28-27-68-45-24-20-41(21-25-45)35-64-38(2)49(34-59)52(39(64)3)42-22-18-40(33-58)19-23-42/h8-9,13-16,18-25,31-32,36-37,43,51,53,60H,5-7,10-12,17,26-30,35H2,1-4H3,(H,62,66). The molecule has 1 saturated heterocycles. The van der Waals surface area contributed by atoms with Gasteiger partial charge in [0.1, 0.15) is 72.2 Å². The molecule has 2 fully saturated rings. The molecule has 372 valence electrons. The molecular weight excluding hydrogens is 927 g/mol. The van der Waals surface area contributed by atoms with Crippen LogP contribution in [0.25, 0.3) is 11.1 Å². The Labute approximate surface area is 425 Å². The van der Waals surface area contributed by atoms with Gasteiger partial charge in [0.2, 0.25) is 17.6 Å². The summed E-state index contributed by atoms with van der Waals surface area (Å²) in [5.41, 5.74) is 6.71. The lowest BCUT2D eigenvalue weighted by atomic mass is 9.83. The van der Waals surface area contributed by atoms with Gasteiger partial charge in [-0.15, -0.1) is 11.3 Å². The predicted molar refractivity (Wildman–Crippen MR) is 275 cm³/mol. The number of benzene rings is 4. The number of carbonyl (C=O) groups is 3. The van der Waals surface area contributed by atoms with Crippen LogP contribution in [0.1, 0.15) is 107 Å². The van der Waals surface area contributed by atoms with E-state index in [4.69, 9.17) is 23.9 Å². The lowest BCUT2D eigenvalue weighted by molar-refractivity contribution is -0.139. The molecule has 2 amide bonds. The van der Waals surface area contributed by atoms with Crippen LogP contribution in [-0.4, -0.2) is 84.2 Å². The van der Waals surface area contributed by atoms with E-state index in [2.05, 4.69) is 27.3 Å². The second-order valence-corrected chi connectivity index (χ2v) is 19.2. The number of carbonyl (C=O) groups excluding carboxylic acids is 3. The van der Waals surface area contributed by atoms with Crippen LogP contribution >= 0.6 is 11.3 Å². The molecule has 72 heavy (non-hydrogen) atoms. The Hall–Kier alpha value is -7.46. The van der Waals surface area contributed by atoms with Crippen molar-refractivity contribution in [3.63, 3.8) is 0 Å². The summed E-state index contributed by atoms with van der Waals surface area (Å²) in [7, 11) is 1.74. The summed E-state index contributed by atoms with van der Waals surface area (Å²) in [5.74, 6) is 2.11. The first-order valence-electron chi connectivity index (χ1n) is 24.7. The van der Waals surface area contributed by atoms with Crippen LogP contribution in [0.3, 0.4) is 0 Å². The molecule has 3 atom stereocenters. The van der Waals surface area contributed by atoms with Gasteiger partial charge in [0.15, 0.2) is 0 Å². The number of likely N-dealkylation sites (N-methyl/N-ethyl adjacent to an activating group) is 1. The molecule has 15 heteroatoms. The van der Waals surface area contributed by atoms with Crippen LogP contribution in [-0.2, 0) is 16.1 Å². The highest BCUT2D eigenvalue weighted by molar-refractivity contribution is 7.10. The molecule has 1 aliphatic heterocycles. The van der Waals surface area contributed by atoms with Gasteiger partial charge in [-0.3, -0.25) is 14.4 Å². The van der Waals surface area contributed by atoms with Gasteiger partial charge in [-0.25, -0.2) is 4.98 Å². The van der Waals surface area contributed by atoms with Crippen molar-refractivity contribution in [2.45, 2.75) is 90.4 Å². The summed E-state index contributed by atoms with van der Waals surface area (Å²) >= 11 is 1.39. The molecule has 3 heterocycles. The highest BCUT2D eigenvalue weighted by Gasteiger charge is 2.40. The first-order chi connectivity index (χ1) is 35.0. The molecule has 2 aromatic heterocycles. The van der Waals surface area contributed by atoms with Gasteiger partial charge in [-0.05, 0) is 119 Å².